The largest absolute Gasteiger partial charge is 0.486 e. The van der Waals surface area contributed by atoms with E-state index in [0.29, 0.717) is 44.1 Å². The molecule has 1 aromatic carbocycles. The molecule has 1 amide bonds. The van der Waals surface area contributed by atoms with Crippen molar-refractivity contribution in [2.24, 2.45) is 0 Å². The van der Waals surface area contributed by atoms with Crippen LogP contribution in [0.25, 0.3) is 0 Å². The van der Waals surface area contributed by atoms with E-state index >= 15 is 0 Å². The molecule has 32 heavy (non-hydrogen) atoms. The predicted molar refractivity (Wildman–Crippen MR) is 124 cm³/mol. The zero-order chi connectivity index (χ0) is 22.6. The number of hydrogen-bond donors (Lipinski definition) is 1. The topological polar surface area (TPSA) is 84.9 Å². The molecule has 174 valence electrons. The molecule has 3 heterocycles. The van der Waals surface area contributed by atoms with E-state index in [1.807, 2.05) is 4.90 Å². The Bertz CT molecular complexity index is 1050. The lowest BCUT2D eigenvalue weighted by molar-refractivity contribution is -0.134. The number of unbranched alkanes of at least 4 members (excludes halogenated alkanes) is 2. The Morgan fingerprint density at radius 2 is 1.97 bits per heavy atom. The quantitative estimate of drug-likeness (QED) is 0.553. The van der Waals surface area contributed by atoms with Crippen molar-refractivity contribution in [3.05, 3.63) is 40.1 Å². The monoisotopic (exact) mass is 478 g/mol. The Balaban J connectivity index is 1.20. The van der Waals surface area contributed by atoms with Crippen LogP contribution >= 0.6 is 11.3 Å². The SMILES string of the molecule is CCC1c2ccsc2CCN1C(=O)CCCCCNS(=O)(=O)c1ccc2c(c1)OCCO2. The molecule has 1 N–H and O–H groups in total. The molecule has 0 aliphatic carbocycles. The number of nitrogens with one attached hydrogen (secondary N) is 1. The third-order valence-corrected chi connectivity index (χ3v) is 8.44. The fourth-order valence-corrected chi connectivity index (χ4v) is 6.35. The lowest BCUT2D eigenvalue weighted by Gasteiger charge is -2.35. The average molecular weight is 479 g/mol. The third-order valence-electron chi connectivity index (χ3n) is 5.99. The van der Waals surface area contributed by atoms with Crippen LogP contribution in [0.15, 0.2) is 34.5 Å². The van der Waals surface area contributed by atoms with Crippen molar-refractivity contribution in [3.63, 3.8) is 0 Å². The Morgan fingerprint density at radius 3 is 2.78 bits per heavy atom. The standard InChI is InChI=1S/C23H30N2O5S2/c1-2-19-18-10-15-31-22(18)9-12-25(19)23(26)6-4-3-5-11-24-32(27,28)17-7-8-20-21(16-17)30-14-13-29-20/h7-8,10,15-16,19,24H,2-6,9,11-14H2,1H3. The first kappa shape index (κ1) is 23.1. The number of nitrogens with zero attached hydrogens (tertiary/aromatic N) is 1. The van der Waals surface area contributed by atoms with Crippen LogP contribution in [0.2, 0.25) is 0 Å². The van der Waals surface area contributed by atoms with Gasteiger partial charge in [-0.3, -0.25) is 4.79 Å². The maximum absolute atomic E-state index is 12.8. The highest BCUT2D eigenvalue weighted by Gasteiger charge is 2.29. The summed E-state index contributed by atoms with van der Waals surface area (Å²) in [5.74, 6) is 1.22. The second-order valence-electron chi connectivity index (χ2n) is 8.07. The Morgan fingerprint density at radius 1 is 1.16 bits per heavy atom. The van der Waals surface area contributed by atoms with Gasteiger partial charge in [0.25, 0.3) is 0 Å². The Hall–Kier alpha value is -2.10. The third kappa shape index (κ3) is 5.10. The summed E-state index contributed by atoms with van der Waals surface area (Å²) in [5, 5.41) is 2.12. The first-order chi connectivity index (χ1) is 15.5. The van der Waals surface area contributed by atoms with Crippen LogP contribution in [0, 0.1) is 0 Å². The zero-order valence-corrected chi connectivity index (χ0v) is 20.0. The number of carbonyl (C=O) groups excluding carboxylic acids is 1. The molecule has 0 radical (unpaired) electrons. The summed E-state index contributed by atoms with van der Waals surface area (Å²) in [6, 6.07) is 6.99. The summed E-state index contributed by atoms with van der Waals surface area (Å²) >= 11 is 1.78. The van der Waals surface area contributed by atoms with E-state index in [-0.39, 0.29) is 16.8 Å². The molecular weight excluding hydrogens is 448 g/mol. The molecule has 0 saturated carbocycles. The van der Waals surface area contributed by atoms with E-state index in [9.17, 15) is 13.2 Å². The minimum atomic E-state index is -3.61. The molecule has 0 fully saturated rings. The van der Waals surface area contributed by atoms with E-state index in [4.69, 9.17) is 9.47 Å². The van der Waals surface area contributed by atoms with E-state index in [0.717, 1.165) is 32.2 Å². The molecule has 0 bridgehead atoms. The number of ether oxygens (including phenoxy) is 2. The number of benzene rings is 1. The number of hydrogen-bond acceptors (Lipinski definition) is 6. The van der Waals surface area contributed by atoms with E-state index in [1.165, 1.54) is 22.6 Å². The molecule has 2 aromatic rings. The highest BCUT2D eigenvalue weighted by atomic mass is 32.2. The van der Waals surface area contributed by atoms with Crippen molar-refractivity contribution in [2.75, 3.05) is 26.3 Å². The van der Waals surface area contributed by atoms with Crippen molar-refractivity contribution in [1.82, 2.24) is 9.62 Å². The van der Waals surface area contributed by atoms with Crippen molar-refractivity contribution < 1.29 is 22.7 Å². The van der Waals surface area contributed by atoms with Crippen molar-refractivity contribution in [1.29, 1.82) is 0 Å². The predicted octanol–water partition coefficient (Wildman–Crippen LogP) is 3.89. The second-order valence-corrected chi connectivity index (χ2v) is 10.8. The number of sulfonamides is 1. The van der Waals surface area contributed by atoms with Gasteiger partial charge in [0.05, 0.1) is 10.9 Å². The molecule has 1 unspecified atom stereocenters. The zero-order valence-electron chi connectivity index (χ0n) is 18.3. The van der Waals surface area contributed by atoms with Crippen LogP contribution in [0.3, 0.4) is 0 Å². The molecule has 9 heteroatoms. The molecule has 7 nitrogen and oxygen atoms in total. The van der Waals surface area contributed by atoms with Crippen LogP contribution in [-0.4, -0.2) is 45.5 Å². The number of amides is 1. The van der Waals surface area contributed by atoms with Gasteiger partial charge in [-0.15, -0.1) is 11.3 Å². The lowest BCUT2D eigenvalue weighted by Crippen LogP contribution is -2.39. The number of rotatable bonds is 9. The molecule has 0 saturated heterocycles. The van der Waals surface area contributed by atoms with Gasteiger partial charge in [0, 0.05) is 30.5 Å². The van der Waals surface area contributed by atoms with Crippen LogP contribution in [-0.2, 0) is 21.2 Å². The summed E-state index contributed by atoms with van der Waals surface area (Å²) in [6.07, 6.45) is 4.61. The molecule has 4 rings (SSSR count). The van der Waals surface area contributed by atoms with Gasteiger partial charge in [-0.25, -0.2) is 13.1 Å². The average Bonchev–Trinajstić information content (AvgIpc) is 3.29. The Kier molecular flexibility index (Phi) is 7.37. The molecular formula is C23H30N2O5S2. The van der Waals surface area contributed by atoms with Crippen molar-refractivity contribution >= 4 is 27.3 Å². The molecule has 1 aromatic heterocycles. The first-order valence-electron chi connectivity index (χ1n) is 11.2. The van der Waals surface area contributed by atoms with Gasteiger partial charge in [0.1, 0.15) is 13.2 Å². The summed E-state index contributed by atoms with van der Waals surface area (Å²) < 4.78 is 38.6. The highest BCUT2D eigenvalue weighted by Crippen LogP contribution is 2.35. The fraction of sp³-hybridized carbons (Fsp3) is 0.522. The summed E-state index contributed by atoms with van der Waals surface area (Å²) in [6.45, 7) is 4.13. The second kappa shape index (κ2) is 10.2. The van der Waals surface area contributed by atoms with Gasteiger partial charge >= 0.3 is 0 Å². The van der Waals surface area contributed by atoms with Gasteiger partial charge in [-0.2, -0.15) is 0 Å². The van der Waals surface area contributed by atoms with E-state index < -0.39 is 10.0 Å². The van der Waals surface area contributed by atoms with Crippen LogP contribution in [0.5, 0.6) is 11.5 Å². The minimum absolute atomic E-state index is 0.167. The fourth-order valence-electron chi connectivity index (χ4n) is 4.34. The summed E-state index contributed by atoms with van der Waals surface area (Å²) in [4.78, 5) is 16.4. The smallest absolute Gasteiger partial charge is 0.240 e. The maximum atomic E-state index is 12.8. The first-order valence-corrected chi connectivity index (χ1v) is 13.6. The van der Waals surface area contributed by atoms with Gasteiger partial charge in [-0.05, 0) is 54.8 Å². The normalized spacial score (nSPS) is 17.8. The van der Waals surface area contributed by atoms with Gasteiger partial charge in [0.15, 0.2) is 11.5 Å². The van der Waals surface area contributed by atoms with Crippen molar-refractivity contribution in [2.45, 2.75) is 56.4 Å². The molecule has 2 aliphatic rings. The molecule has 0 spiro atoms. The molecule has 1 atom stereocenters. The van der Waals surface area contributed by atoms with Crippen LogP contribution < -0.4 is 14.2 Å². The number of thiophene rings is 1. The Labute approximate surface area is 193 Å². The lowest BCUT2D eigenvalue weighted by atomic mass is 9.97. The minimum Gasteiger partial charge on any atom is -0.486 e. The van der Waals surface area contributed by atoms with Crippen LogP contribution in [0.1, 0.15) is 55.5 Å². The molecule has 2 aliphatic heterocycles. The van der Waals surface area contributed by atoms with Gasteiger partial charge < -0.3 is 14.4 Å². The van der Waals surface area contributed by atoms with Gasteiger partial charge in [-0.1, -0.05) is 13.3 Å². The number of carbonyl (C=O) groups is 1. The van der Waals surface area contributed by atoms with Crippen molar-refractivity contribution in [3.8, 4) is 11.5 Å². The number of fused-ring (bicyclic) bond motifs is 2. The van der Waals surface area contributed by atoms with Crippen LogP contribution in [0.4, 0.5) is 0 Å². The summed E-state index contributed by atoms with van der Waals surface area (Å²) in [7, 11) is -3.61. The highest BCUT2D eigenvalue weighted by molar-refractivity contribution is 7.89. The maximum Gasteiger partial charge on any atom is 0.240 e. The van der Waals surface area contributed by atoms with E-state index in [1.54, 1.807) is 17.4 Å². The van der Waals surface area contributed by atoms with E-state index in [2.05, 4.69) is 23.1 Å². The summed E-state index contributed by atoms with van der Waals surface area (Å²) in [5.41, 5.74) is 1.31. The van der Waals surface area contributed by atoms with Gasteiger partial charge in [0.2, 0.25) is 15.9 Å².